The zero-order valence-corrected chi connectivity index (χ0v) is 9.68. The Balaban J connectivity index is 1.87. The van der Waals surface area contributed by atoms with Crippen LogP contribution >= 0.6 is 0 Å². The summed E-state index contributed by atoms with van der Waals surface area (Å²) in [6, 6.07) is 11.4. The lowest BCUT2D eigenvalue weighted by atomic mass is 10.1. The molecule has 1 heterocycles. The van der Waals surface area contributed by atoms with Gasteiger partial charge in [0.2, 0.25) is 5.91 Å². The normalized spacial score (nSPS) is 15.9. The molecule has 1 N–H and O–H groups in total. The van der Waals surface area contributed by atoms with E-state index in [1.165, 1.54) is 0 Å². The standard InChI is InChI=1S/C14H11N3O/c15-9-14(5-6-14)13(18)17-11-3-4-12-10(8-11)2-1-7-16-12/h1-4,7-8H,5-6H2,(H,17,18). The summed E-state index contributed by atoms with van der Waals surface area (Å²) in [5, 5.41) is 12.7. The zero-order chi connectivity index (χ0) is 12.6. The van der Waals surface area contributed by atoms with Crippen molar-refractivity contribution >= 4 is 22.5 Å². The number of hydrogen-bond acceptors (Lipinski definition) is 3. The van der Waals surface area contributed by atoms with Crippen molar-refractivity contribution in [2.75, 3.05) is 5.32 Å². The molecule has 1 aliphatic rings. The first-order valence-electron chi connectivity index (χ1n) is 5.81. The fraction of sp³-hybridized carbons (Fsp3) is 0.214. The van der Waals surface area contributed by atoms with Crippen molar-refractivity contribution in [1.29, 1.82) is 5.26 Å². The Morgan fingerprint density at radius 2 is 2.22 bits per heavy atom. The highest BCUT2D eigenvalue weighted by Crippen LogP contribution is 2.45. The highest BCUT2D eigenvalue weighted by Gasteiger charge is 2.50. The molecule has 0 unspecified atom stereocenters. The third-order valence-corrected chi connectivity index (χ3v) is 3.26. The topological polar surface area (TPSA) is 65.8 Å². The van der Waals surface area contributed by atoms with Crippen molar-refractivity contribution in [3.63, 3.8) is 0 Å². The maximum Gasteiger partial charge on any atom is 0.244 e. The second-order valence-corrected chi connectivity index (χ2v) is 4.56. The van der Waals surface area contributed by atoms with Crippen LogP contribution in [0.1, 0.15) is 12.8 Å². The van der Waals surface area contributed by atoms with Crippen molar-refractivity contribution in [3.8, 4) is 6.07 Å². The van der Waals surface area contributed by atoms with E-state index in [1.54, 1.807) is 12.3 Å². The van der Waals surface area contributed by atoms with Gasteiger partial charge >= 0.3 is 0 Å². The van der Waals surface area contributed by atoms with Gasteiger partial charge in [-0.15, -0.1) is 0 Å². The van der Waals surface area contributed by atoms with Gasteiger partial charge in [-0.3, -0.25) is 9.78 Å². The molecule has 4 nitrogen and oxygen atoms in total. The predicted molar refractivity (Wildman–Crippen MR) is 67.7 cm³/mol. The van der Waals surface area contributed by atoms with Gasteiger partial charge in [0.25, 0.3) is 0 Å². The van der Waals surface area contributed by atoms with Crippen molar-refractivity contribution in [2.45, 2.75) is 12.8 Å². The van der Waals surface area contributed by atoms with Gasteiger partial charge in [0.15, 0.2) is 0 Å². The second-order valence-electron chi connectivity index (χ2n) is 4.56. The summed E-state index contributed by atoms with van der Waals surface area (Å²) in [4.78, 5) is 16.1. The number of fused-ring (bicyclic) bond motifs is 1. The molecule has 2 aromatic rings. The largest absolute Gasteiger partial charge is 0.325 e. The molecular formula is C14H11N3O. The van der Waals surface area contributed by atoms with E-state index in [0.717, 1.165) is 10.9 Å². The lowest BCUT2D eigenvalue weighted by molar-refractivity contribution is -0.119. The first-order valence-corrected chi connectivity index (χ1v) is 5.81. The molecular weight excluding hydrogens is 226 g/mol. The summed E-state index contributed by atoms with van der Waals surface area (Å²) < 4.78 is 0. The number of hydrogen-bond donors (Lipinski definition) is 1. The number of aromatic nitrogens is 1. The van der Waals surface area contributed by atoms with Crippen LogP contribution in [0.4, 0.5) is 5.69 Å². The Bertz CT molecular complexity index is 668. The van der Waals surface area contributed by atoms with Crippen LogP contribution in [-0.2, 0) is 4.79 Å². The number of carbonyl (C=O) groups is 1. The van der Waals surface area contributed by atoms with Crippen molar-refractivity contribution in [1.82, 2.24) is 4.98 Å². The van der Waals surface area contributed by atoms with Crippen LogP contribution in [0.3, 0.4) is 0 Å². The van der Waals surface area contributed by atoms with Crippen molar-refractivity contribution in [2.24, 2.45) is 5.41 Å². The number of nitriles is 1. The van der Waals surface area contributed by atoms with Gasteiger partial charge in [-0.05, 0) is 37.1 Å². The average Bonchev–Trinajstić information content (AvgIpc) is 3.19. The average molecular weight is 237 g/mol. The molecule has 1 amide bonds. The van der Waals surface area contributed by atoms with Crippen LogP contribution in [0.5, 0.6) is 0 Å². The lowest BCUT2D eigenvalue weighted by Gasteiger charge is -2.08. The predicted octanol–water partition coefficient (Wildman–Crippen LogP) is 2.48. The van der Waals surface area contributed by atoms with E-state index >= 15 is 0 Å². The van der Waals surface area contributed by atoms with Crippen LogP contribution in [0.25, 0.3) is 10.9 Å². The lowest BCUT2D eigenvalue weighted by Crippen LogP contribution is -2.22. The molecule has 1 aliphatic carbocycles. The van der Waals surface area contributed by atoms with Gasteiger partial charge in [0, 0.05) is 17.3 Å². The number of carbonyl (C=O) groups excluding carboxylic acids is 1. The van der Waals surface area contributed by atoms with Gasteiger partial charge in [0.1, 0.15) is 5.41 Å². The highest BCUT2D eigenvalue weighted by atomic mass is 16.2. The van der Waals surface area contributed by atoms with Crippen molar-refractivity contribution < 1.29 is 4.79 Å². The minimum atomic E-state index is -0.788. The Morgan fingerprint density at radius 3 is 2.94 bits per heavy atom. The van der Waals surface area contributed by atoms with Gasteiger partial charge in [0.05, 0.1) is 11.6 Å². The number of benzene rings is 1. The van der Waals surface area contributed by atoms with E-state index in [1.807, 2.05) is 24.3 Å². The number of nitrogens with zero attached hydrogens (tertiary/aromatic N) is 2. The van der Waals surface area contributed by atoms with Crippen LogP contribution < -0.4 is 5.32 Å². The van der Waals surface area contributed by atoms with E-state index in [-0.39, 0.29) is 5.91 Å². The van der Waals surface area contributed by atoms with Crippen LogP contribution in [0, 0.1) is 16.7 Å². The molecule has 88 valence electrons. The van der Waals surface area contributed by atoms with Gasteiger partial charge in [-0.1, -0.05) is 6.07 Å². The van der Waals surface area contributed by atoms with E-state index in [4.69, 9.17) is 5.26 Å². The summed E-state index contributed by atoms with van der Waals surface area (Å²) in [5.74, 6) is -0.201. The Hall–Kier alpha value is -2.41. The molecule has 1 saturated carbocycles. The third kappa shape index (κ3) is 1.70. The monoisotopic (exact) mass is 237 g/mol. The number of anilines is 1. The molecule has 1 fully saturated rings. The van der Waals surface area contributed by atoms with E-state index < -0.39 is 5.41 Å². The molecule has 0 spiro atoms. The van der Waals surface area contributed by atoms with Gasteiger partial charge in [-0.25, -0.2) is 0 Å². The minimum absolute atomic E-state index is 0.201. The molecule has 0 atom stereocenters. The maximum atomic E-state index is 11.9. The van der Waals surface area contributed by atoms with Gasteiger partial charge in [-0.2, -0.15) is 5.26 Å². The Kier molecular flexibility index (Phi) is 2.27. The quantitative estimate of drug-likeness (QED) is 0.872. The van der Waals surface area contributed by atoms with Crippen LogP contribution in [0.15, 0.2) is 36.5 Å². The Labute approximate surface area is 104 Å². The summed E-state index contributed by atoms with van der Waals surface area (Å²) in [6.07, 6.45) is 3.05. The van der Waals surface area contributed by atoms with E-state index in [0.29, 0.717) is 18.5 Å². The highest BCUT2D eigenvalue weighted by molar-refractivity contribution is 6.00. The second kappa shape index (κ2) is 3.81. The fourth-order valence-electron chi connectivity index (χ4n) is 1.92. The molecule has 1 aromatic carbocycles. The molecule has 0 aliphatic heterocycles. The summed E-state index contributed by atoms with van der Waals surface area (Å²) in [5.41, 5.74) is 0.808. The van der Waals surface area contributed by atoms with Crippen molar-refractivity contribution in [3.05, 3.63) is 36.5 Å². The first kappa shape index (κ1) is 10.7. The van der Waals surface area contributed by atoms with E-state index in [9.17, 15) is 4.79 Å². The summed E-state index contributed by atoms with van der Waals surface area (Å²) >= 11 is 0. The number of pyridine rings is 1. The van der Waals surface area contributed by atoms with E-state index in [2.05, 4.69) is 16.4 Å². The Morgan fingerprint density at radius 1 is 1.39 bits per heavy atom. The molecule has 0 bridgehead atoms. The molecule has 0 saturated heterocycles. The fourth-order valence-corrected chi connectivity index (χ4v) is 1.92. The summed E-state index contributed by atoms with van der Waals surface area (Å²) in [7, 11) is 0. The molecule has 4 heteroatoms. The molecule has 0 radical (unpaired) electrons. The first-order chi connectivity index (χ1) is 8.73. The molecule has 1 aromatic heterocycles. The molecule has 18 heavy (non-hydrogen) atoms. The molecule has 3 rings (SSSR count). The van der Waals surface area contributed by atoms with Crippen LogP contribution in [0.2, 0.25) is 0 Å². The maximum absolute atomic E-state index is 11.9. The zero-order valence-electron chi connectivity index (χ0n) is 9.68. The SMILES string of the molecule is N#CC1(C(=O)Nc2ccc3ncccc3c2)CC1. The van der Waals surface area contributed by atoms with Crippen LogP contribution in [-0.4, -0.2) is 10.9 Å². The summed E-state index contributed by atoms with van der Waals surface area (Å²) in [6.45, 7) is 0. The minimum Gasteiger partial charge on any atom is -0.325 e. The number of nitrogens with one attached hydrogen (secondary N) is 1. The third-order valence-electron chi connectivity index (χ3n) is 3.26. The number of rotatable bonds is 2. The smallest absolute Gasteiger partial charge is 0.244 e. The number of amides is 1. The van der Waals surface area contributed by atoms with Gasteiger partial charge < -0.3 is 5.32 Å².